The Balaban J connectivity index is 1.40. The number of hydrogen-bond donors (Lipinski definition) is 0. The minimum Gasteiger partial charge on any atom is -0.493 e. The van der Waals surface area contributed by atoms with Crippen molar-refractivity contribution in [2.75, 3.05) is 19.2 Å². The van der Waals surface area contributed by atoms with Gasteiger partial charge >= 0.3 is 0 Å². The van der Waals surface area contributed by atoms with Crippen LogP contribution in [0.1, 0.15) is 6.42 Å². The maximum Gasteiger partial charge on any atom is 0.231 e. The van der Waals surface area contributed by atoms with E-state index in [0.717, 1.165) is 33.8 Å². The molecule has 0 spiro atoms. The Morgan fingerprint density at radius 2 is 2.26 bits per heavy atom. The molecule has 19 heavy (non-hydrogen) atoms. The van der Waals surface area contributed by atoms with Crippen LogP contribution in [-0.4, -0.2) is 24.1 Å². The summed E-state index contributed by atoms with van der Waals surface area (Å²) in [6, 6.07) is 5.65. The molecule has 2 aromatic rings. The van der Waals surface area contributed by atoms with Crippen molar-refractivity contribution in [3.63, 3.8) is 0 Å². The molecule has 0 saturated carbocycles. The lowest BCUT2D eigenvalue weighted by molar-refractivity contribution is 0.173. The van der Waals surface area contributed by atoms with Gasteiger partial charge in [0.05, 0.1) is 6.61 Å². The fourth-order valence-electron chi connectivity index (χ4n) is 1.66. The Morgan fingerprint density at radius 1 is 1.32 bits per heavy atom. The largest absolute Gasteiger partial charge is 0.493 e. The van der Waals surface area contributed by atoms with Crippen molar-refractivity contribution in [2.24, 2.45) is 0 Å². The van der Waals surface area contributed by atoms with Crippen LogP contribution >= 0.6 is 23.1 Å². The van der Waals surface area contributed by atoms with Gasteiger partial charge in [-0.3, -0.25) is 0 Å². The Kier molecular flexibility index (Phi) is 4.10. The first-order chi connectivity index (χ1) is 9.42. The van der Waals surface area contributed by atoms with Gasteiger partial charge in [0, 0.05) is 23.4 Å². The van der Waals surface area contributed by atoms with Crippen LogP contribution in [-0.2, 0) is 0 Å². The molecule has 0 amide bonds. The molecule has 4 nitrogen and oxygen atoms in total. The molecule has 0 N–H and O–H groups in total. The maximum absolute atomic E-state index is 5.68. The fourth-order valence-corrected chi connectivity index (χ4v) is 3.28. The SMILES string of the molecule is c1csc(SCCCOc2ccc3c(c2)OCO3)n1. The molecule has 0 fully saturated rings. The highest BCUT2D eigenvalue weighted by Gasteiger charge is 2.13. The highest BCUT2D eigenvalue weighted by atomic mass is 32.2. The maximum atomic E-state index is 5.68. The van der Waals surface area contributed by atoms with Crippen molar-refractivity contribution in [1.29, 1.82) is 0 Å². The van der Waals surface area contributed by atoms with Crippen molar-refractivity contribution >= 4 is 23.1 Å². The van der Waals surface area contributed by atoms with E-state index in [9.17, 15) is 0 Å². The van der Waals surface area contributed by atoms with Gasteiger partial charge in [0.2, 0.25) is 6.79 Å². The third-order valence-corrected chi connectivity index (χ3v) is 4.59. The number of aromatic nitrogens is 1. The minimum atomic E-state index is 0.295. The highest BCUT2D eigenvalue weighted by Crippen LogP contribution is 2.35. The normalized spacial score (nSPS) is 12.6. The van der Waals surface area contributed by atoms with Gasteiger partial charge in [-0.25, -0.2) is 4.98 Å². The van der Waals surface area contributed by atoms with Crippen molar-refractivity contribution in [1.82, 2.24) is 4.98 Å². The first kappa shape index (κ1) is 12.6. The molecule has 1 aliphatic rings. The number of hydrogen-bond acceptors (Lipinski definition) is 6. The van der Waals surface area contributed by atoms with E-state index in [2.05, 4.69) is 4.98 Å². The van der Waals surface area contributed by atoms with E-state index >= 15 is 0 Å². The predicted octanol–water partition coefficient (Wildman–Crippen LogP) is 3.43. The lowest BCUT2D eigenvalue weighted by Crippen LogP contribution is -1.98. The average Bonchev–Trinajstić information content (AvgIpc) is 3.08. The van der Waals surface area contributed by atoms with Gasteiger partial charge < -0.3 is 14.2 Å². The zero-order chi connectivity index (χ0) is 12.9. The lowest BCUT2D eigenvalue weighted by atomic mass is 10.3. The van der Waals surface area contributed by atoms with E-state index in [-0.39, 0.29) is 0 Å². The van der Waals surface area contributed by atoms with Gasteiger partial charge in [0.25, 0.3) is 0 Å². The second kappa shape index (κ2) is 6.16. The van der Waals surface area contributed by atoms with Gasteiger partial charge in [-0.05, 0) is 18.6 Å². The summed E-state index contributed by atoms with van der Waals surface area (Å²) in [6.07, 6.45) is 2.81. The van der Waals surface area contributed by atoms with Crippen LogP contribution in [0.15, 0.2) is 34.1 Å². The van der Waals surface area contributed by atoms with Crippen molar-refractivity contribution in [3.05, 3.63) is 29.8 Å². The summed E-state index contributed by atoms with van der Waals surface area (Å²) in [6.45, 7) is 0.987. The Hall–Kier alpha value is -1.40. The molecule has 1 aliphatic heterocycles. The van der Waals surface area contributed by atoms with Crippen LogP contribution < -0.4 is 14.2 Å². The summed E-state index contributed by atoms with van der Waals surface area (Å²) in [5.41, 5.74) is 0. The zero-order valence-electron chi connectivity index (χ0n) is 10.2. The summed E-state index contributed by atoms with van der Waals surface area (Å²) >= 11 is 3.44. The molecule has 2 heterocycles. The number of rotatable bonds is 6. The Bertz CT molecular complexity index is 531. The predicted molar refractivity (Wildman–Crippen MR) is 75.5 cm³/mol. The molecule has 1 aromatic carbocycles. The van der Waals surface area contributed by atoms with Crippen molar-refractivity contribution in [3.8, 4) is 17.2 Å². The first-order valence-electron chi connectivity index (χ1n) is 5.96. The molecule has 0 saturated heterocycles. The van der Waals surface area contributed by atoms with E-state index in [0.29, 0.717) is 13.4 Å². The number of nitrogens with zero attached hydrogens (tertiary/aromatic N) is 1. The molecule has 0 atom stereocenters. The van der Waals surface area contributed by atoms with Gasteiger partial charge in [0.1, 0.15) is 10.1 Å². The van der Waals surface area contributed by atoms with Crippen LogP contribution in [0.3, 0.4) is 0 Å². The van der Waals surface area contributed by atoms with E-state index in [1.54, 1.807) is 23.1 Å². The third-order valence-electron chi connectivity index (χ3n) is 2.54. The van der Waals surface area contributed by atoms with Gasteiger partial charge in [0.15, 0.2) is 11.5 Å². The summed E-state index contributed by atoms with van der Waals surface area (Å²) < 4.78 is 17.4. The number of thiazole rings is 1. The summed E-state index contributed by atoms with van der Waals surface area (Å²) in [5, 5.41) is 1.99. The highest BCUT2D eigenvalue weighted by molar-refractivity contribution is 8.00. The minimum absolute atomic E-state index is 0.295. The Labute approximate surface area is 119 Å². The molecule has 100 valence electrons. The molecule has 3 rings (SSSR count). The summed E-state index contributed by atoms with van der Waals surface area (Å²) in [4.78, 5) is 4.22. The Morgan fingerprint density at radius 3 is 3.16 bits per heavy atom. The summed E-state index contributed by atoms with van der Waals surface area (Å²) in [5.74, 6) is 3.38. The van der Waals surface area contributed by atoms with Crippen LogP contribution in [0.4, 0.5) is 0 Å². The van der Waals surface area contributed by atoms with Crippen LogP contribution in [0.5, 0.6) is 17.2 Å². The first-order valence-corrected chi connectivity index (χ1v) is 7.83. The molecule has 0 unspecified atom stereocenters. The van der Waals surface area contributed by atoms with Crippen LogP contribution in [0, 0.1) is 0 Å². The molecule has 6 heteroatoms. The van der Waals surface area contributed by atoms with Crippen LogP contribution in [0.2, 0.25) is 0 Å². The zero-order valence-corrected chi connectivity index (χ0v) is 11.8. The van der Waals surface area contributed by atoms with Gasteiger partial charge in [-0.2, -0.15) is 0 Å². The van der Waals surface area contributed by atoms with E-state index in [1.165, 1.54) is 0 Å². The molecule has 1 aromatic heterocycles. The van der Waals surface area contributed by atoms with E-state index in [1.807, 2.05) is 29.8 Å². The number of ether oxygens (including phenoxy) is 3. The topological polar surface area (TPSA) is 40.6 Å². The fraction of sp³-hybridized carbons (Fsp3) is 0.308. The number of thioether (sulfide) groups is 1. The lowest BCUT2D eigenvalue weighted by Gasteiger charge is -2.06. The van der Waals surface area contributed by atoms with Gasteiger partial charge in [-0.15, -0.1) is 11.3 Å². The molecular formula is C13H13NO3S2. The number of fused-ring (bicyclic) bond motifs is 1. The smallest absolute Gasteiger partial charge is 0.231 e. The average molecular weight is 295 g/mol. The molecule has 0 bridgehead atoms. The second-order valence-electron chi connectivity index (χ2n) is 3.86. The standard InChI is InChI=1S/C13H13NO3S2/c1(6-18-13-14-4-7-19-13)5-15-10-2-3-11-12(8-10)17-9-16-11/h2-4,7-8H,1,5-6,9H2. The van der Waals surface area contributed by atoms with Crippen molar-refractivity contribution in [2.45, 2.75) is 10.8 Å². The number of benzene rings is 1. The van der Waals surface area contributed by atoms with Crippen LogP contribution in [0.25, 0.3) is 0 Å². The second-order valence-corrected chi connectivity index (χ2v) is 6.10. The molecule has 0 radical (unpaired) electrons. The third kappa shape index (κ3) is 3.33. The quantitative estimate of drug-likeness (QED) is 0.603. The van der Waals surface area contributed by atoms with E-state index < -0.39 is 0 Å². The van der Waals surface area contributed by atoms with E-state index in [4.69, 9.17) is 14.2 Å². The summed E-state index contributed by atoms with van der Waals surface area (Å²) in [7, 11) is 0. The molecular weight excluding hydrogens is 282 g/mol. The van der Waals surface area contributed by atoms with Crippen molar-refractivity contribution < 1.29 is 14.2 Å². The monoisotopic (exact) mass is 295 g/mol. The molecule has 0 aliphatic carbocycles. The van der Waals surface area contributed by atoms with Gasteiger partial charge in [-0.1, -0.05) is 11.8 Å².